The Bertz CT molecular complexity index is 959. The van der Waals surface area contributed by atoms with Gasteiger partial charge < -0.3 is 36.3 Å². The van der Waals surface area contributed by atoms with Crippen molar-refractivity contribution in [2.45, 2.75) is 56.8 Å². The molecule has 4 unspecified atom stereocenters. The number of imidazole rings is 2. The van der Waals surface area contributed by atoms with E-state index in [1.807, 2.05) is 0 Å². The van der Waals surface area contributed by atoms with Crippen LogP contribution in [-0.2, 0) is 32.0 Å². The summed E-state index contributed by atoms with van der Waals surface area (Å²) in [5.74, 6) is -2.71. The quantitative estimate of drug-likeness (QED) is 0.241. The van der Waals surface area contributed by atoms with Crippen molar-refractivity contribution < 1.29 is 24.3 Å². The number of aromatic amines is 2. The predicted octanol–water partition coefficient (Wildman–Crippen LogP) is -1.69. The van der Waals surface area contributed by atoms with Crippen molar-refractivity contribution >= 4 is 23.7 Å². The SMILES string of the molecule is CC(N)C(=O)NC(Cc1cnc[nH]1)C(=O)N1CCCC1C(=O)NC(Cc1cnc[nH]1)C(=O)O. The molecular formula is C20H28N8O5. The Labute approximate surface area is 189 Å². The molecule has 7 N–H and O–H groups in total. The van der Waals surface area contributed by atoms with Gasteiger partial charge in [0, 0.05) is 43.2 Å². The fourth-order valence-electron chi connectivity index (χ4n) is 3.71. The van der Waals surface area contributed by atoms with Crippen LogP contribution < -0.4 is 16.4 Å². The Morgan fingerprint density at radius 3 is 2.24 bits per heavy atom. The van der Waals surface area contributed by atoms with Gasteiger partial charge >= 0.3 is 5.97 Å². The van der Waals surface area contributed by atoms with E-state index in [0.29, 0.717) is 30.8 Å². The molecule has 1 aliphatic rings. The number of nitrogens with one attached hydrogen (secondary N) is 4. The van der Waals surface area contributed by atoms with Crippen LogP contribution in [0.2, 0.25) is 0 Å². The van der Waals surface area contributed by atoms with E-state index < -0.39 is 47.9 Å². The zero-order chi connectivity index (χ0) is 24.0. The number of nitrogens with two attached hydrogens (primary N) is 1. The second-order valence-corrected chi connectivity index (χ2v) is 8.00. The van der Waals surface area contributed by atoms with Gasteiger partial charge in [0.15, 0.2) is 0 Å². The highest BCUT2D eigenvalue weighted by Gasteiger charge is 2.39. The molecule has 3 heterocycles. The highest BCUT2D eigenvalue weighted by Crippen LogP contribution is 2.20. The fourth-order valence-corrected chi connectivity index (χ4v) is 3.71. The molecule has 33 heavy (non-hydrogen) atoms. The Hall–Kier alpha value is -3.74. The first-order valence-electron chi connectivity index (χ1n) is 10.6. The normalized spacial score (nSPS) is 18.4. The first kappa shape index (κ1) is 23.9. The van der Waals surface area contributed by atoms with E-state index in [0.717, 1.165) is 0 Å². The lowest BCUT2D eigenvalue weighted by Crippen LogP contribution is -2.57. The molecule has 0 radical (unpaired) electrons. The summed E-state index contributed by atoms with van der Waals surface area (Å²) in [6, 6.07) is -3.82. The monoisotopic (exact) mass is 460 g/mol. The van der Waals surface area contributed by atoms with Crippen LogP contribution in [0.3, 0.4) is 0 Å². The van der Waals surface area contributed by atoms with E-state index in [1.165, 1.54) is 30.7 Å². The number of H-pyrrole nitrogens is 2. The molecular weight excluding hydrogens is 432 g/mol. The maximum atomic E-state index is 13.3. The molecule has 1 aliphatic heterocycles. The lowest BCUT2D eigenvalue weighted by atomic mass is 10.1. The number of carboxylic acid groups (broad SMARTS) is 1. The maximum absolute atomic E-state index is 13.3. The number of hydrogen-bond donors (Lipinski definition) is 6. The molecule has 0 aliphatic carbocycles. The summed E-state index contributed by atoms with van der Waals surface area (Å²) in [6.45, 7) is 1.81. The van der Waals surface area contributed by atoms with Gasteiger partial charge in [-0.3, -0.25) is 14.4 Å². The van der Waals surface area contributed by atoms with Crippen molar-refractivity contribution in [2.24, 2.45) is 5.73 Å². The van der Waals surface area contributed by atoms with Crippen molar-refractivity contribution in [3.63, 3.8) is 0 Å². The van der Waals surface area contributed by atoms with Crippen LogP contribution >= 0.6 is 0 Å². The van der Waals surface area contributed by atoms with E-state index in [4.69, 9.17) is 5.73 Å². The highest BCUT2D eigenvalue weighted by molar-refractivity contribution is 5.94. The van der Waals surface area contributed by atoms with Crippen molar-refractivity contribution in [3.05, 3.63) is 36.4 Å². The number of carbonyl (C=O) groups is 4. The van der Waals surface area contributed by atoms with Crippen molar-refractivity contribution in [1.82, 2.24) is 35.5 Å². The second kappa shape index (κ2) is 10.7. The van der Waals surface area contributed by atoms with Gasteiger partial charge in [-0.05, 0) is 19.8 Å². The van der Waals surface area contributed by atoms with Crippen LogP contribution in [0.4, 0.5) is 0 Å². The number of rotatable bonds is 10. The van der Waals surface area contributed by atoms with Gasteiger partial charge in [0.25, 0.3) is 0 Å². The Kier molecular flexibility index (Phi) is 7.77. The van der Waals surface area contributed by atoms with Gasteiger partial charge in [-0.2, -0.15) is 0 Å². The minimum atomic E-state index is -1.20. The molecule has 3 rings (SSSR count). The summed E-state index contributed by atoms with van der Waals surface area (Å²) >= 11 is 0. The van der Waals surface area contributed by atoms with E-state index in [1.54, 1.807) is 6.20 Å². The number of carbonyl (C=O) groups excluding carboxylic acids is 3. The van der Waals surface area contributed by atoms with Crippen LogP contribution in [0.5, 0.6) is 0 Å². The Morgan fingerprint density at radius 1 is 1.12 bits per heavy atom. The molecule has 1 saturated heterocycles. The smallest absolute Gasteiger partial charge is 0.326 e. The molecule has 2 aromatic heterocycles. The average Bonchev–Trinajstić information content (AvgIpc) is 3.54. The first-order valence-corrected chi connectivity index (χ1v) is 10.6. The van der Waals surface area contributed by atoms with Gasteiger partial charge in [-0.25, -0.2) is 14.8 Å². The molecule has 13 nitrogen and oxygen atoms in total. The molecule has 0 bridgehead atoms. The summed E-state index contributed by atoms with van der Waals surface area (Å²) in [7, 11) is 0. The molecule has 4 atom stereocenters. The number of likely N-dealkylation sites (tertiary alicyclic amines) is 1. The lowest BCUT2D eigenvalue weighted by molar-refractivity contribution is -0.144. The zero-order valence-electron chi connectivity index (χ0n) is 18.2. The molecule has 3 amide bonds. The van der Waals surface area contributed by atoms with E-state index >= 15 is 0 Å². The Morgan fingerprint density at radius 2 is 1.73 bits per heavy atom. The van der Waals surface area contributed by atoms with Crippen molar-refractivity contribution in [3.8, 4) is 0 Å². The predicted molar refractivity (Wildman–Crippen MR) is 114 cm³/mol. The molecule has 178 valence electrons. The minimum Gasteiger partial charge on any atom is -0.480 e. The second-order valence-electron chi connectivity index (χ2n) is 8.00. The number of amides is 3. The van der Waals surface area contributed by atoms with Gasteiger partial charge in [0.2, 0.25) is 17.7 Å². The summed E-state index contributed by atoms with van der Waals surface area (Å²) in [5, 5.41) is 14.7. The fraction of sp³-hybridized carbons (Fsp3) is 0.500. The largest absolute Gasteiger partial charge is 0.480 e. The zero-order valence-corrected chi connectivity index (χ0v) is 18.2. The third-order valence-electron chi connectivity index (χ3n) is 5.44. The summed E-state index contributed by atoms with van der Waals surface area (Å²) in [6.07, 6.45) is 7.01. The number of carboxylic acids is 1. The third-order valence-corrected chi connectivity index (χ3v) is 5.44. The van der Waals surface area contributed by atoms with Crippen LogP contribution in [-0.4, -0.2) is 84.3 Å². The molecule has 0 aromatic carbocycles. The van der Waals surface area contributed by atoms with Crippen LogP contribution in [0.25, 0.3) is 0 Å². The van der Waals surface area contributed by atoms with Crippen molar-refractivity contribution in [1.29, 1.82) is 0 Å². The van der Waals surface area contributed by atoms with Gasteiger partial charge in [-0.1, -0.05) is 0 Å². The summed E-state index contributed by atoms with van der Waals surface area (Å²) in [5.41, 5.74) is 6.83. The molecule has 0 spiro atoms. The Balaban J connectivity index is 1.72. The topological polar surface area (TPSA) is 199 Å². The molecule has 13 heteroatoms. The van der Waals surface area contributed by atoms with E-state index in [-0.39, 0.29) is 12.8 Å². The highest BCUT2D eigenvalue weighted by atomic mass is 16.4. The maximum Gasteiger partial charge on any atom is 0.326 e. The number of hydrogen-bond acceptors (Lipinski definition) is 7. The average molecular weight is 460 g/mol. The molecule has 1 fully saturated rings. The van der Waals surface area contributed by atoms with Crippen LogP contribution in [0.1, 0.15) is 31.2 Å². The molecule has 0 saturated carbocycles. The van der Waals surface area contributed by atoms with Gasteiger partial charge in [-0.15, -0.1) is 0 Å². The standard InChI is InChI=1S/C20H28N8O5/c1-11(21)17(29)26-14(5-12-7-22-9-24-12)19(31)28-4-2-3-16(28)18(30)27-15(20(32)33)6-13-8-23-10-25-13/h7-11,14-16H,2-6,21H2,1H3,(H,22,24)(H,23,25)(H,26,29)(H,27,30)(H,32,33). The van der Waals surface area contributed by atoms with E-state index in [2.05, 4.69) is 30.6 Å². The van der Waals surface area contributed by atoms with Crippen molar-refractivity contribution in [2.75, 3.05) is 6.54 Å². The minimum absolute atomic E-state index is 0.0225. The summed E-state index contributed by atoms with van der Waals surface area (Å²) in [4.78, 5) is 65.0. The molecule has 2 aromatic rings. The van der Waals surface area contributed by atoms with Gasteiger partial charge in [0.1, 0.15) is 18.1 Å². The van der Waals surface area contributed by atoms with Crippen LogP contribution in [0.15, 0.2) is 25.0 Å². The first-order chi connectivity index (χ1) is 15.8. The lowest BCUT2D eigenvalue weighted by Gasteiger charge is -2.29. The summed E-state index contributed by atoms with van der Waals surface area (Å²) < 4.78 is 0. The number of aromatic nitrogens is 4. The third kappa shape index (κ3) is 6.16. The van der Waals surface area contributed by atoms with Gasteiger partial charge in [0.05, 0.1) is 18.7 Å². The number of aliphatic carboxylic acids is 1. The van der Waals surface area contributed by atoms with E-state index in [9.17, 15) is 24.3 Å². The number of nitrogens with zero attached hydrogens (tertiary/aromatic N) is 3. The van der Waals surface area contributed by atoms with Crippen LogP contribution in [0, 0.1) is 0 Å².